The Bertz CT molecular complexity index is 345. The van der Waals surface area contributed by atoms with Crippen LogP contribution < -0.4 is 10.6 Å². The Morgan fingerprint density at radius 3 is 2.50 bits per heavy atom. The number of nitrogens with zero attached hydrogens (tertiary/aromatic N) is 2. The van der Waals surface area contributed by atoms with Gasteiger partial charge >= 0.3 is 0 Å². The van der Waals surface area contributed by atoms with Crippen LogP contribution in [0.15, 0.2) is 4.99 Å². The van der Waals surface area contributed by atoms with Crippen molar-refractivity contribution in [3.8, 4) is 0 Å². The van der Waals surface area contributed by atoms with Gasteiger partial charge in [-0.1, -0.05) is 13.8 Å². The van der Waals surface area contributed by atoms with E-state index in [0.29, 0.717) is 5.92 Å². The minimum absolute atomic E-state index is 0. The minimum Gasteiger partial charge on any atom is -0.381 e. The summed E-state index contributed by atoms with van der Waals surface area (Å²) in [6.45, 7) is 15.9. The summed E-state index contributed by atoms with van der Waals surface area (Å²) < 4.78 is 11.0. The molecule has 6 nitrogen and oxygen atoms in total. The maximum atomic E-state index is 5.59. The van der Waals surface area contributed by atoms with Crippen molar-refractivity contribution in [2.24, 2.45) is 10.9 Å². The van der Waals surface area contributed by atoms with Gasteiger partial charge in [0.2, 0.25) is 0 Å². The van der Waals surface area contributed by atoms with Crippen molar-refractivity contribution in [2.75, 3.05) is 59.7 Å². The number of aliphatic imine (C=N–C) groups is 1. The van der Waals surface area contributed by atoms with Gasteiger partial charge in [-0.3, -0.25) is 9.89 Å². The van der Waals surface area contributed by atoms with Gasteiger partial charge in [0.05, 0.1) is 13.2 Å². The zero-order valence-electron chi connectivity index (χ0n) is 16.1. The molecule has 7 heteroatoms. The van der Waals surface area contributed by atoms with Gasteiger partial charge in [0, 0.05) is 52.0 Å². The molecule has 1 heterocycles. The van der Waals surface area contributed by atoms with E-state index in [-0.39, 0.29) is 29.5 Å². The maximum Gasteiger partial charge on any atom is 0.191 e. The van der Waals surface area contributed by atoms with E-state index < -0.39 is 0 Å². The smallest absolute Gasteiger partial charge is 0.191 e. The highest BCUT2D eigenvalue weighted by atomic mass is 127. The standard InChI is InChI=1S/C17H36N4O2.HI/c1-15(2)13-23-10-6-7-19-16(18-5)20-14-17(3,4)21-8-11-22-12-9-21;/h15H,6-14H2,1-5H3,(H2,18,19,20);1H. The molecule has 24 heavy (non-hydrogen) atoms. The van der Waals surface area contributed by atoms with Crippen LogP contribution in [-0.2, 0) is 9.47 Å². The SMILES string of the molecule is CN=C(NCCCOCC(C)C)NCC(C)(C)N1CCOCC1.I. The summed E-state index contributed by atoms with van der Waals surface area (Å²) >= 11 is 0. The molecule has 1 rings (SSSR count). The lowest BCUT2D eigenvalue weighted by atomic mass is 10.0. The first-order valence-electron chi connectivity index (χ1n) is 8.81. The highest BCUT2D eigenvalue weighted by Crippen LogP contribution is 2.14. The summed E-state index contributed by atoms with van der Waals surface area (Å²) in [5.41, 5.74) is 0.0851. The summed E-state index contributed by atoms with van der Waals surface area (Å²) in [6, 6.07) is 0. The van der Waals surface area contributed by atoms with Crippen LogP contribution in [0.5, 0.6) is 0 Å². The molecule has 0 bridgehead atoms. The quantitative estimate of drug-likeness (QED) is 0.241. The van der Waals surface area contributed by atoms with Crippen molar-refractivity contribution in [1.82, 2.24) is 15.5 Å². The van der Waals surface area contributed by atoms with E-state index >= 15 is 0 Å². The third kappa shape index (κ3) is 10.0. The Morgan fingerprint density at radius 2 is 1.92 bits per heavy atom. The molecule has 1 fully saturated rings. The first-order chi connectivity index (χ1) is 11.0. The predicted octanol–water partition coefficient (Wildman–Crippen LogP) is 1.94. The summed E-state index contributed by atoms with van der Waals surface area (Å²) in [5, 5.41) is 6.78. The summed E-state index contributed by atoms with van der Waals surface area (Å²) in [4.78, 5) is 6.76. The Labute approximate surface area is 165 Å². The summed E-state index contributed by atoms with van der Waals surface area (Å²) in [5.74, 6) is 1.45. The monoisotopic (exact) mass is 456 g/mol. The van der Waals surface area contributed by atoms with Crippen LogP contribution in [0, 0.1) is 5.92 Å². The number of rotatable bonds is 9. The molecule has 144 valence electrons. The van der Waals surface area contributed by atoms with Crippen LogP contribution in [0.25, 0.3) is 0 Å². The van der Waals surface area contributed by atoms with Gasteiger partial charge in [-0.05, 0) is 26.2 Å². The fourth-order valence-corrected chi connectivity index (χ4v) is 2.50. The van der Waals surface area contributed by atoms with Crippen LogP contribution in [0.3, 0.4) is 0 Å². The number of nitrogens with one attached hydrogen (secondary N) is 2. The molecule has 0 saturated carbocycles. The van der Waals surface area contributed by atoms with Crippen molar-refractivity contribution >= 4 is 29.9 Å². The Kier molecular flexibility index (Phi) is 13.1. The summed E-state index contributed by atoms with van der Waals surface area (Å²) in [7, 11) is 1.81. The molecule has 1 aliphatic heterocycles. The van der Waals surface area contributed by atoms with Crippen molar-refractivity contribution in [1.29, 1.82) is 0 Å². The molecule has 0 radical (unpaired) electrons. The molecule has 1 aliphatic rings. The number of halogens is 1. The first-order valence-corrected chi connectivity index (χ1v) is 8.81. The van der Waals surface area contributed by atoms with Crippen LogP contribution in [-0.4, -0.2) is 76.1 Å². The van der Waals surface area contributed by atoms with Crippen molar-refractivity contribution in [2.45, 2.75) is 39.7 Å². The fraction of sp³-hybridized carbons (Fsp3) is 0.941. The second-order valence-corrected chi connectivity index (χ2v) is 7.09. The second kappa shape index (κ2) is 13.1. The van der Waals surface area contributed by atoms with E-state index in [4.69, 9.17) is 9.47 Å². The van der Waals surface area contributed by atoms with Gasteiger partial charge < -0.3 is 20.1 Å². The molecule has 0 aromatic rings. The van der Waals surface area contributed by atoms with Crippen molar-refractivity contribution in [3.05, 3.63) is 0 Å². The van der Waals surface area contributed by atoms with Gasteiger partial charge in [0.15, 0.2) is 5.96 Å². The highest BCUT2D eigenvalue weighted by molar-refractivity contribution is 14.0. The van der Waals surface area contributed by atoms with E-state index in [1.807, 2.05) is 7.05 Å². The third-order valence-corrected chi connectivity index (χ3v) is 3.99. The van der Waals surface area contributed by atoms with E-state index in [1.54, 1.807) is 0 Å². The topological polar surface area (TPSA) is 58.1 Å². The van der Waals surface area contributed by atoms with Crippen LogP contribution in [0.2, 0.25) is 0 Å². The molecule has 0 spiro atoms. The van der Waals surface area contributed by atoms with E-state index in [1.165, 1.54) is 0 Å². The largest absolute Gasteiger partial charge is 0.381 e. The van der Waals surface area contributed by atoms with Crippen molar-refractivity contribution in [3.63, 3.8) is 0 Å². The van der Waals surface area contributed by atoms with Crippen LogP contribution in [0.4, 0.5) is 0 Å². The fourth-order valence-electron chi connectivity index (χ4n) is 2.50. The second-order valence-electron chi connectivity index (χ2n) is 7.09. The zero-order chi connectivity index (χ0) is 17.1. The number of hydrogen-bond donors (Lipinski definition) is 2. The molecule has 0 aromatic heterocycles. The lowest BCUT2D eigenvalue weighted by Crippen LogP contribution is -2.56. The van der Waals surface area contributed by atoms with Gasteiger partial charge in [-0.25, -0.2) is 0 Å². The Balaban J connectivity index is 0.00000529. The van der Waals surface area contributed by atoms with E-state index in [0.717, 1.165) is 65.0 Å². The van der Waals surface area contributed by atoms with Gasteiger partial charge in [0.1, 0.15) is 0 Å². The number of hydrogen-bond acceptors (Lipinski definition) is 4. The molecular weight excluding hydrogens is 419 g/mol. The molecule has 0 unspecified atom stereocenters. The average Bonchev–Trinajstić information content (AvgIpc) is 2.54. The average molecular weight is 456 g/mol. The molecule has 1 saturated heterocycles. The van der Waals surface area contributed by atoms with Crippen molar-refractivity contribution < 1.29 is 9.47 Å². The highest BCUT2D eigenvalue weighted by Gasteiger charge is 2.28. The van der Waals surface area contributed by atoms with E-state index in [2.05, 4.69) is 48.2 Å². The molecule has 0 aliphatic carbocycles. The zero-order valence-corrected chi connectivity index (χ0v) is 18.4. The molecular formula is C17H37IN4O2. The lowest BCUT2D eigenvalue weighted by molar-refractivity contribution is -0.00834. The normalized spacial score (nSPS) is 16.8. The van der Waals surface area contributed by atoms with Gasteiger partial charge in [-0.2, -0.15) is 0 Å². The number of ether oxygens (including phenoxy) is 2. The predicted molar refractivity (Wildman–Crippen MR) is 112 cm³/mol. The number of guanidine groups is 1. The van der Waals surface area contributed by atoms with Crippen LogP contribution in [0.1, 0.15) is 34.1 Å². The minimum atomic E-state index is 0. The first kappa shape index (κ1) is 23.9. The molecule has 0 amide bonds. The van der Waals surface area contributed by atoms with E-state index in [9.17, 15) is 0 Å². The molecule has 2 N–H and O–H groups in total. The Hall–Kier alpha value is -0.120. The summed E-state index contributed by atoms with van der Waals surface area (Å²) in [6.07, 6.45) is 0.986. The Morgan fingerprint density at radius 1 is 1.25 bits per heavy atom. The molecule has 0 aromatic carbocycles. The van der Waals surface area contributed by atoms with Gasteiger partial charge in [0.25, 0.3) is 0 Å². The van der Waals surface area contributed by atoms with Crippen LogP contribution >= 0.6 is 24.0 Å². The number of morpholine rings is 1. The van der Waals surface area contributed by atoms with Gasteiger partial charge in [-0.15, -0.1) is 24.0 Å². The molecule has 0 atom stereocenters. The maximum absolute atomic E-state index is 5.59. The third-order valence-electron chi connectivity index (χ3n) is 3.99. The lowest BCUT2D eigenvalue weighted by Gasteiger charge is -2.41.